The van der Waals surface area contributed by atoms with Crippen LogP contribution in [0.1, 0.15) is 32.3 Å². The molecule has 0 bridgehead atoms. The lowest BCUT2D eigenvalue weighted by Crippen LogP contribution is -2.30. The molecule has 3 heteroatoms. The van der Waals surface area contributed by atoms with Gasteiger partial charge in [0.1, 0.15) is 12.9 Å². The minimum absolute atomic E-state index is 0.0117. The van der Waals surface area contributed by atoms with E-state index in [9.17, 15) is 0 Å². The van der Waals surface area contributed by atoms with Crippen LogP contribution in [0.4, 0.5) is 0 Å². The standard InChI is InChI=1S/C15H20N3/c1-11-12(13-8-6-7-9-18(13)5)10-16-14(17-11)15(2,3)4/h6-10H,1-5H3/q+1. The molecule has 0 aromatic carbocycles. The summed E-state index contributed by atoms with van der Waals surface area (Å²) in [5.41, 5.74) is 3.24. The fraction of sp³-hybridized carbons (Fsp3) is 0.400. The lowest BCUT2D eigenvalue weighted by molar-refractivity contribution is -0.660. The number of hydrogen-bond donors (Lipinski definition) is 0. The second kappa shape index (κ2) is 4.48. The monoisotopic (exact) mass is 242 g/mol. The van der Waals surface area contributed by atoms with E-state index in [4.69, 9.17) is 0 Å². The molecular formula is C15H20N3+. The highest BCUT2D eigenvalue weighted by atomic mass is 14.9. The summed E-state index contributed by atoms with van der Waals surface area (Å²) in [7, 11) is 2.03. The zero-order valence-corrected chi connectivity index (χ0v) is 11.7. The minimum atomic E-state index is -0.0117. The molecule has 0 aliphatic heterocycles. The van der Waals surface area contributed by atoms with Gasteiger partial charge < -0.3 is 0 Å². The first-order valence-corrected chi connectivity index (χ1v) is 6.19. The number of hydrogen-bond acceptors (Lipinski definition) is 2. The molecule has 18 heavy (non-hydrogen) atoms. The maximum Gasteiger partial charge on any atom is 0.215 e. The SMILES string of the molecule is Cc1nc(C(C)(C)C)ncc1-c1cccc[n+]1C. The second-order valence-corrected chi connectivity index (χ2v) is 5.64. The van der Waals surface area contributed by atoms with Crippen molar-refractivity contribution in [3.05, 3.63) is 42.1 Å². The van der Waals surface area contributed by atoms with Crippen molar-refractivity contribution in [2.75, 3.05) is 0 Å². The van der Waals surface area contributed by atoms with Crippen molar-refractivity contribution in [3.8, 4) is 11.3 Å². The molecule has 0 atom stereocenters. The lowest BCUT2D eigenvalue weighted by atomic mass is 9.95. The Kier molecular flexibility index (Phi) is 3.16. The molecule has 0 aliphatic rings. The molecule has 0 amide bonds. The van der Waals surface area contributed by atoms with Gasteiger partial charge in [-0.25, -0.2) is 14.5 Å². The topological polar surface area (TPSA) is 29.7 Å². The van der Waals surface area contributed by atoms with Crippen molar-refractivity contribution in [2.24, 2.45) is 7.05 Å². The van der Waals surface area contributed by atoms with Crippen LogP contribution in [0.15, 0.2) is 30.6 Å². The van der Waals surface area contributed by atoms with Crippen molar-refractivity contribution >= 4 is 0 Å². The molecule has 2 rings (SSSR count). The van der Waals surface area contributed by atoms with E-state index in [-0.39, 0.29) is 5.41 Å². The van der Waals surface area contributed by atoms with Crippen molar-refractivity contribution < 1.29 is 4.57 Å². The van der Waals surface area contributed by atoms with Crippen LogP contribution in [0.5, 0.6) is 0 Å². The maximum absolute atomic E-state index is 4.64. The average Bonchev–Trinajstić information content (AvgIpc) is 2.29. The third kappa shape index (κ3) is 2.40. The van der Waals surface area contributed by atoms with E-state index >= 15 is 0 Å². The molecule has 94 valence electrons. The number of aryl methyl sites for hydroxylation is 2. The van der Waals surface area contributed by atoms with Gasteiger partial charge in [-0.05, 0) is 13.0 Å². The van der Waals surface area contributed by atoms with E-state index in [1.807, 2.05) is 38.5 Å². The number of nitrogens with zero attached hydrogens (tertiary/aromatic N) is 3. The summed E-state index contributed by atoms with van der Waals surface area (Å²) in [4.78, 5) is 9.14. The smallest absolute Gasteiger partial charge is 0.215 e. The molecule has 0 spiro atoms. The largest absolute Gasteiger partial charge is 0.240 e. The van der Waals surface area contributed by atoms with Crippen LogP contribution in [0.2, 0.25) is 0 Å². The first kappa shape index (κ1) is 12.7. The van der Waals surface area contributed by atoms with Gasteiger partial charge in [0.05, 0.1) is 11.3 Å². The number of aromatic nitrogens is 3. The van der Waals surface area contributed by atoms with Crippen LogP contribution in [-0.4, -0.2) is 9.97 Å². The molecule has 0 unspecified atom stereocenters. The predicted molar refractivity (Wildman–Crippen MR) is 72.1 cm³/mol. The van der Waals surface area contributed by atoms with Gasteiger partial charge in [0.15, 0.2) is 6.20 Å². The molecular weight excluding hydrogens is 222 g/mol. The summed E-state index contributed by atoms with van der Waals surface area (Å²) in [6.45, 7) is 8.43. The van der Waals surface area contributed by atoms with Crippen LogP contribution < -0.4 is 4.57 Å². The predicted octanol–water partition coefficient (Wildman–Crippen LogP) is 2.57. The first-order valence-electron chi connectivity index (χ1n) is 6.19. The Morgan fingerprint density at radius 2 is 1.89 bits per heavy atom. The summed E-state index contributed by atoms with van der Waals surface area (Å²) in [6.07, 6.45) is 3.96. The molecule has 0 saturated heterocycles. The van der Waals surface area contributed by atoms with E-state index in [0.29, 0.717) is 0 Å². The highest BCUT2D eigenvalue weighted by molar-refractivity contribution is 5.57. The summed E-state index contributed by atoms with van der Waals surface area (Å²) >= 11 is 0. The Labute approximate surface area is 109 Å². The van der Waals surface area contributed by atoms with Crippen molar-refractivity contribution in [1.82, 2.24) is 9.97 Å². The highest BCUT2D eigenvalue weighted by Crippen LogP contribution is 2.22. The number of rotatable bonds is 1. The van der Waals surface area contributed by atoms with Gasteiger partial charge >= 0.3 is 0 Å². The van der Waals surface area contributed by atoms with Gasteiger partial charge in [-0.3, -0.25) is 0 Å². The highest BCUT2D eigenvalue weighted by Gasteiger charge is 2.20. The van der Waals surface area contributed by atoms with E-state index in [2.05, 4.69) is 41.4 Å². The fourth-order valence-electron chi connectivity index (χ4n) is 1.88. The molecule has 2 heterocycles. The Morgan fingerprint density at radius 1 is 1.17 bits per heavy atom. The average molecular weight is 242 g/mol. The van der Waals surface area contributed by atoms with E-state index < -0.39 is 0 Å². The van der Waals surface area contributed by atoms with Crippen molar-refractivity contribution in [3.63, 3.8) is 0 Å². The summed E-state index contributed by atoms with van der Waals surface area (Å²) < 4.78 is 2.09. The van der Waals surface area contributed by atoms with Crippen LogP contribution in [0.25, 0.3) is 11.3 Å². The first-order chi connectivity index (χ1) is 8.39. The van der Waals surface area contributed by atoms with Gasteiger partial charge in [0.2, 0.25) is 5.69 Å². The number of pyridine rings is 1. The normalized spacial score (nSPS) is 11.6. The summed E-state index contributed by atoms with van der Waals surface area (Å²) in [5, 5.41) is 0. The second-order valence-electron chi connectivity index (χ2n) is 5.64. The van der Waals surface area contributed by atoms with E-state index in [0.717, 1.165) is 22.8 Å². The minimum Gasteiger partial charge on any atom is -0.240 e. The van der Waals surface area contributed by atoms with Crippen molar-refractivity contribution in [2.45, 2.75) is 33.1 Å². The Balaban J connectivity index is 2.52. The zero-order valence-electron chi connectivity index (χ0n) is 11.7. The van der Waals surface area contributed by atoms with E-state index in [1.54, 1.807) is 0 Å². The quantitative estimate of drug-likeness (QED) is 0.719. The summed E-state index contributed by atoms with van der Waals surface area (Å²) in [5.74, 6) is 0.891. The summed E-state index contributed by atoms with van der Waals surface area (Å²) in [6, 6.07) is 6.14. The molecule has 2 aromatic heterocycles. The molecule has 0 radical (unpaired) electrons. The van der Waals surface area contributed by atoms with Gasteiger partial charge in [0.25, 0.3) is 0 Å². The third-order valence-electron chi connectivity index (χ3n) is 2.98. The van der Waals surface area contributed by atoms with Crippen LogP contribution >= 0.6 is 0 Å². The zero-order chi connectivity index (χ0) is 13.3. The molecule has 2 aromatic rings. The molecule has 0 saturated carbocycles. The Hall–Kier alpha value is -1.77. The lowest BCUT2D eigenvalue weighted by Gasteiger charge is -2.17. The third-order valence-corrected chi connectivity index (χ3v) is 2.98. The molecule has 0 N–H and O–H groups in total. The van der Waals surface area contributed by atoms with Gasteiger partial charge in [-0.1, -0.05) is 20.8 Å². The van der Waals surface area contributed by atoms with Crippen molar-refractivity contribution in [1.29, 1.82) is 0 Å². The van der Waals surface area contributed by atoms with Gasteiger partial charge in [0, 0.05) is 23.7 Å². The van der Waals surface area contributed by atoms with Crippen LogP contribution in [-0.2, 0) is 12.5 Å². The van der Waals surface area contributed by atoms with Gasteiger partial charge in [-0.2, -0.15) is 0 Å². The molecule has 0 aliphatic carbocycles. The van der Waals surface area contributed by atoms with Gasteiger partial charge in [-0.15, -0.1) is 0 Å². The Morgan fingerprint density at radius 3 is 2.44 bits per heavy atom. The molecule has 3 nitrogen and oxygen atoms in total. The van der Waals surface area contributed by atoms with Crippen LogP contribution in [0.3, 0.4) is 0 Å². The maximum atomic E-state index is 4.64. The fourth-order valence-corrected chi connectivity index (χ4v) is 1.88. The van der Waals surface area contributed by atoms with Crippen LogP contribution in [0, 0.1) is 6.92 Å². The molecule has 0 fully saturated rings. The van der Waals surface area contributed by atoms with E-state index in [1.165, 1.54) is 0 Å². The Bertz CT molecular complexity index is 568.